The van der Waals surface area contributed by atoms with Crippen LogP contribution in [0.3, 0.4) is 0 Å². The number of imidazole rings is 1. The number of aryl methyl sites for hydroxylation is 2. The Morgan fingerprint density at radius 2 is 1.85 bits per heavy atom. The molecule has 3 aromatic heterocycles. The van der Waals surface area contributed by atoms with Crippen molar-refractivity contribution in [1.82, 2.24) is 19.4 Å². The Bertz CT molecular complexity index is 1060. The van der Waals surface area contributed by atoms with Crippen molar-refractivity contribution in [2.75, 3.05) is 5.73 Å². The summed E-state index contributed by atoms with van der Waals surface area (Å²) in [6.45, 7) is 4.26. The molecule has 0 radical (unpaired) electrons. The van der Waals surface area contributed by atoms with Gasteiger partial charge in [0, 0.05) is 18.0 Å². The molecule has 0 spiro atoms. The molecule has 26 heavy (non-hydrogen) atoms. The number of nitrogen functional groups attached to an aromatic ring is 1. The fourth-order valence-corrected chi connectivity index (χ4v) is 3.19. The first-order valence-corrected chi connectivity index (χ1v) is 8.82. The lowest BCUT2D eigenvalue weighted by molar-refractivity contribution is 0.917. The second-order valence-corrected chi connectivity index (χ2v) is 6.49. The Kier molecular flexibility index (Phi) is 4.13. The van der Waals surface area contributed by atoms with Crippen LogP contribution in [0.25, 0.3) is 28.3 Å². The molecule has 5 heteroatoms. The molecule has 0 aliphatic heterocycles. The minimum absolute atomic E-state index is 0.259. The van der Waals surface area contributed by atoms with Crippen molar-refractivity contribution in [2.45, 2.75) is 26.7 Å². The van der Waals surface area contributed by atoms with Crippen LogP contribution in [0.15, 0.2) is 54.9 Å². The van der Waals surface area contributed by atoms with Crippen LogP contribution in [0.1, 0.15) is 24.5 Å². The molecule has 0 saturated heterocycles. The zero-order chi connectivity index (χ0) is 18.1. The summed E-state index contributed by atoms with van der Waals surface area (Å²) in [5, 5.41) is 0. The van der Waals surface area contributed by atoms with E-state index in [1.165, 1.54) is 11.1 Å². The number of nitrogens with zero attached hydrogens (tertiary/aromatic N) is 4. The van der Waals surface area contributed by atoms with Gasteiger partial charge in [-0.25, -0.2) is 15.0 Å². The Hall–Kier alpha value is -3.21. The lowest BCUT2D eigenvalue weighted by atomic mass is 10.1. The van der Waals surface area contributed by atoms with Gasteiger partial charge in [-0.05, 0) is 37.1 Å². The fraction of sp³-hybridized carbons (Fsp3) is 0.190. The molecule has 5 nitrogen and oxygen atoms in total. The fourth-order valence-electron chi connectivity index (χ4n) is 3.19. The van der Waals surface area contributed by atoms with E-state index < -0.39 is 0 Å². The average molecular weight is 343 g/mol. The van der Waals surface area contributed by atoms with E-state index in [1.54, 1.807) is 6.20 Å². The number of rotatable bonds is 4. The first kappa shape index (κ1) is 16.3. The van der Waals surface area contributed by atoms with Crippen molar-refractivity contribution in [2.24, 2.45) is 0 Å². The number of nitrogens with two attached hydrogens (primary N) is 1. The van der Waals surface area contributed by atoms with Gasteiger partial charge in [0.25, 0.3) is 0 Å². The van der Waals surface area contributed by atoms with Crippen molar-refractivity contribution < 1.29 is 0 Å². The second-order valence-electron chi connectivity index (χ2n) is 6.49. The van der Waals surface area contributed by atoms with Crippen LogP contribution in [0, 0.1) is 6.92 Å². The number of hydrogen-bond donors (Lipinski definition) is 1. The Morgan fingerprint density at radius 3 is 2.58 bits per heavy atom. The predicted molar refractivity (Wildman–Crippen MR) is 105 cm³/mol. The number of aromatic nitrogens is 4. The number of anilines is 1. The average Bonchev–Trinajstić information content (AvgIpc) is 3.01. The van der Waals surface area contributed by atoms with Crippen LogP contribution in [0.2, 0.25) is 0 Å². The minimum atomic E-state index is 0.259. The van der Waals surface area contributed by atoms with Gasteiger partial charge in [0.2, 0.25) is 5.95 Å². The van der Waals surface area contributed by atoms with Crippen molar-refractivity contribution in [3.63, 3.8) is 0 Å². The van der Waals surface area contributed by atoms with E-state index in [9.17, 15) is 0 Å². The van der Waals surface area contributed by atoms with E-state index in [4.69, 9.17) is 10.7 Å². The molecular formula is C21H21N5. The van der Waals surface area contributed by atoms with Gasteiger partial charge < -0.3 is 5.73 Å². The number of pyridine rings is 1. The first-order chi connectivity index (χ1) is 12.7. The van der Waals surface area contributed by atoms with Crippen LogP contribution in [0.5, 0.6) is 0 Å². The lowest BCUT2D eigenvalue weighted by Crippen LogP contribution is -1.98. The Labute approximate surface area is 152 Å². The van der Waals surface area contributed by atoms with Gasteiger partial charge in [-0.15, -0.1) is 0 Å². The third kappa shape index (κ3) is 2.92. The summed E-state index contributed by atoms with van der Waals surface area (Å²) in [5.41, 5.74) is 12.9. The molecule has 1 aromatic carbocycles. The van der Waals surface area contributed by atoms with Gasteiger partial charge in [-0.1, -0.05) is 43.2 Å². The van der Waals surface area contributed by atoms with E-state index >= 15 is 0 Å². The van der Waals surface area contributed by atoms with Gasteiger partial charge in [0.1, 0.15) is 5.65 Å². The summed E-state index contributed by atoms with van der Waals surface area (Å²) >= 11 is 0. The van der Waals surface area contributed by atoms with E-state index in [-0.39, 0.29) is 5.95 Å². The van der Waals surface area contributed by atoms with Gasteiger partial charge in [-0.3, -0.25) is 4.40 Å². The summed E-state index contributed by atoms with van der Waals surface area (Å²) in [6.07, 6.45) is 5.90. The highest BCUT2D eigenvalue weighted by atomic mass is 15.1. The van der Waals surface area contributed by atoms with Gasteiger partial charge >= 0.3 is 0 Å². The summed E-state index contributed by atoms with van der Waals surface area (Å²) < 4.78 is 2.08. The molecule has 130 valence electrons. The molecule has 0 amide bonds. The van der Waals surface area contributed by atoms with E-state index in [1.807, 2.05) is 6.07 Å². The summed E-state index contributed by atoms with van der Waals surface area (Å²) in [4.78, 5) is 13.4. The molecule has 0 aliphatic rings. The number of fused-ring (bicyclic) bond motifs is 1. The Morgan fingerprint density at radius 1 is 1.04 bits per heavy atom. The molecule has 3 heterocycles. The van der Waals surface area contributed by atoms with Crippen LogP contribution in [-0.4, -0.2) is 19.4 Å². The van der Waals surface area contributed by atoms with Gasteiger partial charge in [0.15, 0.2) is 0 Å². The molecule has 4 rings (SSSR count). The van der Waals surface area contributed by atoms with E-state index in [2.05, 4.69) is 70.8 Å². The summed E-state index contributed by atoms with van der Waals surface area (Å²) in [7, 11) is 0. The van der Waals surface area contributed by atoms with E-state index in [0.29, 0.717) is 0 Å². The third-order valence-electron chi connectivity index (χ3n) is 4.47. The molecular weight excluding hydrogens is 322 g/mol. The standard InChI is InChI=1S/C21H21N5/c1-3-4-15-10-12-26-18(13-15)25-19(16-7-5-14(2)6-8-16)20(26)17-9-11-23-21(22)24-17/h5-13H,3-4H2,1-2H3,(H2,22,23,24). The minimum Gasteiger partial charge on any atom is -0.368 e. The molecule has 0 saturated carbocycles. The largest absolute Gasteiger partial charge is 0.368 e. The zero-order valence-corrected chi connectivity index (χ0v) is 15.0. The Balaban J connectivity index is 1.99. The molecule has 0 bridgehead atoms. The van der Waals surface area contributed by atoms with Crippen molar-refractivity contribution in [3.8, 4) is 22.6 Å². The molecule has 0 unspecified atom stereocenters. The normalized spacial score (nSPS) is 11.2. The SMILES string of the molecule is CCCc1ccn2c(-c3ccnc(N)n3)c(-c3ccc(C)cc3)nc2c1. The number of hydrogen-bond acceptors (Lipinski definition) is 4. The van der Waals surface area contributed by atoms with Crippen molar-refractivity contribution in [3.05, 3.63) is 66.0 Å². The molecule has 0 atom stereocenters. The molecule has 0 aliphatic carbocycles. The summed E-state index contributed by atoms with van der Waals surface area (Å²) in [6, 6.07) is 14.5. The second kappa shape index (κ2) is 6.59. The van der Waals surface area contributed by atoms with Crippen LogP contribution in [0.4, 0.5) is 5.95 Å². The van der Waals surface area contributed by atoms with E-state index in [0.717, 1.165) is 41.1 Å². The highest BCUT2D eigenvalue weighted by Crippen LogP contribution is 2.32. The number of benzene rings is 1. The van der Waals surface area contributed by atoms with Gasteiger partial charge in [-0.2, -0.15) is 0 Å². The highest BCUT2D eigenvalue weighted by molar-refractivity contribution is 5.80. The maximum absolute atomic E-state index is 5.83. The first-order valence-electron chi connectivity index (χ1n) is 8.82. The molecule has 4 aromatic rings. The third-order valence-corrected chi connectivity index (χ3v) is 4.47. The van der Waals surface area contributed by atoms with Crippen LogP contribution >= 0.6 is 0 Å². The predicted octanol–water partition coefficient (Wildman–Crippen LogP) is 4.30. The topological polar surface area (TPSA) is 69.1 Å². The van der Waals surface area contributed by atoms with Crippen molar-refractivity contribution >= 4 is 11.6 Å². The van der Waals surface area contributed by atoms with Crippen LogP contribution < -0.4 is 5.73 Å². The van der Waals surface area contributed by atoms with Gasteiger partial charge in [0.05, 0.1) is 17.1 Å². The molecule has 0 fully saturated rings. The maximum atomic E-state index is 5.83. The monoisotopic (exact) mass is 343 g/mol. The maximum Gasteiger partial charge on any atom is 0.220 e. The zero-order valence-electron chi connectivity index (χ0n) is 15.0. The lowest BCUT2D eigenvalue weighted by Gasteiger charge is -2.06. The smallest absolute Gasteiger partial charge is 0.220 e. The van der Waals surface area contributed by atoms with Crippen molar-refractivity contribution in [1.29, 1.82) is 0 Å². The molecule has 2 N–H and O–H groups in total. The summed E-state index contributed by atoms with van der Waals surface area (Å²) in [5.74, 6) is 0.259. The quantitative estimate of drug-likeness (QED) is 0.600. The highest BCUT2D eigenvalue weighted by Gasteiger charge is 2.17. The van der Waals surface area contributed by atoms with Crippen LogP contribution in [-0.2, 0) is 6.42 Å².